The lowest BCUT2D eigenvalue weighted by Gasteiger charge is -2.17. The maximum atomic E-state index is 12.5. The van der Waals surface area contributed by atoms with Crippen molar-refractivity contribution in [2.24, 2.45) is 4.99 Å². The Bertz CT molecular complexity index is 1120. The molecule has 1 aliphatic rings. The minimum Gasteiger partial charge on any atom is -0.497 e. The first kappa shape index (κ1) is 26.0. The summed E-state index contributed by atoms with van der Waals surface area (Å²) in [7, 11) is -0.275. The molecule has 2 N–H and O–H groups in total. The van der Waals surface area contributed by atoms with E-state index in [2.05, 4.69) is 15.6 Å². The van der Waals surface area contributed by atoms with Gasteiger partial charge in [0.05, 0.1) is 23.6 Å². The second kappa shape index (κ2) is 12.2. The molecule has 0 spiro atoms. The zero-order valence-corrected chi connectivity index (χ0v) is 21.1. The number of unbranched alkanes of at least 4 members (excludes halogenated alkanes) is 1. The minimum atomic E-state index is -3.56. The number of ether oxygens (including phenoxy) is 1. The highest BCUT2D eigenvalue weighted by Crippen LogP contribution is 2.26. The van der Waals surface area contributed by atoms with Crippen LogP contribution < -0.4 is 15.4 Å². The van der Waals surface area contributed by atoms with Crippen LogP contribution in [0.1, 0.15) is 30.4 Å². The van der Waals surface area contributed by atoms with E-state index in [1.54, 1.807) is 18.0 Å². The third-order valence-corrected chi connectivity index (χ3v) is 7.54. The van der Waals surface area contributed by atoms with Crippen LogP contribution in [0.25, 0.3) is 0 Å². The number of halogens is 1. The van der Waals surface area contributed by atoms with Gasteiger partial charge in [-0.3, -0.25) is 9.79 Å². The van der Waals surface area contributed by atoms with Crippen molar-refractivity contribution in [3.63, 3.8) is 0 Å². The Morgan fingerprint density at radius 2 is 1.97 bits per heavy atom. The van der Waals surface area contributed by atoms with E-state index in [4.69, 9.17) is 16.3 Å². The molecular weight excluding hydrogens is 476 g/mol. The van der Waals surface area contributed by atoms with Gasteiger partial charge in [-0.05, 0) is 37.1 Å². The molecular formula is C24H31ClN4O4S. The highest BCUT2D eigenvalue weighted by Gasteiger charge is 2.18. The lowest BCUT2D eigenvalue weighted by atomic mass is 10.1. The van der Waals surface area contributed by atoms with E-state index in [-0.39, 0.29) is 21.7 Å². The van der Waals surface area contributed by atoms with Gasteiger partial charge in [0.25, 0.3) is 0 Å². The summed E-state index contributed by atoms with van der Waals surface area (Å²) >= 11 is 6.08. The second-order valence-corrected chi connectivity index (χ2v) is 10.5. The van der Waals surface area contributed by atoms with Gasteiger partial charge in [0, 0.05) is 38.2 Å². The van der Waals surface area contributed by atoms with Gasteiger partial charge in [-0.2, -0.15) is 0 Å². The Hall–Kier alpha value is -2.62. The Kier molecular flexibility index (Phi) is 9.32. The topological polar surface area (TPSA) is 100 Å². The average Bonchev–Trinajstić information content (AvgIpc) is 3.36. The van der Waals surface area contributed by atoms with Crippen molar-refractivity contribution < 1.29 is 17.9 Å². The van der Waals surface area contributed by atoms with E-state index in [9.17, 15) is 13.2 Å². The molecule has 0 aromatic heterocycles. The summed E-state index contributed by atoms with van der Waals surface area (Å²) in [4.78, 5) is 18.6. The van der Waals surface area contributed by atoms with Crippen molar-refractivity contribution in [1.82, 2.24) is 15.5 Å². The van der Waals surface area contributed by atoms with Gasteiger partial charge in [0.1, 0.15) is 17.5 Å². The summed E-state index contributed by atoms with van der Waals surface area (Å²) in [5, 5.41) is 6.31. The van der Waals surface area contributed by atoms with Crippen molar-refractivity contribution in [2.45, 2.75) is 30.7 Å². The summed E-state index contributed by atoms with van der Waals surface area (Å²) in [6.45, 7) is 2.70. The summed E-state index contributed by atoms with van der Waals surface area (Å²) in [5.74, 6) is 1.26. The van der Waals surface area contributed by atoms with Crippen molar-refractivity contribution in [3.05, 3.63) is 58.6 Å². The average molecular weight is 507 g/mol. The molecule has 0 saturated heterocycles. The van der Waals surface area contributed by atoms with Gasteiger partial charge in [0.2, 0.25) is 5.91 Å². The van der Waals surface area contributed by atoms with Gasteiger partial charge in [0.15, 0.2) is 9.84 Å². The predicted octanol–water partition coefficient (Wildman–Crippen LogP) is 2.85. The number of rotatable bonds is 12. The van der Waals surface area contributed by atoms with Gasteiger partial charge in [-0.15, -0.1) is 0 Å². The van der Waals surface area contributed by atoms with Crippen molar-refractivity contribution in [2.75, 3.05) is 39.7 Å². The summed E-state index contributed by atoms with van der Waals surface area (Å²) in [6.07, 6.45) is 1.77. The van der Waals surface area contributed by atoms with Gasteiger partial charge in [-0.25, -0.2) is 8.42 Å². The van der Waals surface area contributed by atoms with E-state index in [0.717, 1.165) is 30.1 Å². The van der Waals surface area contributed by atoms with Crippen LogP contribution in [0.4, 0.5) is 0 Å². The highest BCUT2D eigenvalue weighted by atomic mass is 35.5. The van der Waals surface area contributed by atoms with Crippen molar-refractivity contribution in [1.29, 1.82) is 0 Å². The predicted molar refractivity (Wildman–Crippen MR) is 134 cm³/mol. The third kappa shape index (κ3) is 7.19. The molecule has 2 aromatic rings. The number of amidine groups is 1. The van der Waals surface area contributed by atoms with Crippen molar-refractivity contribution in [3.8, 4) is 5.75 Å². The van der Waals surface area contributed by atoms with Crippen LogP contribution in [0.5, 0.6) is 5.75 Å². The second-order valence-electron chi connectivity index (χ2n) is 8.12. The maximum absolute atomic E-state index is 12.5. The summed E-state index contributed by atoms with van der Waals surface area (Å²) in [6, 6.07) is 12.6. The molecule has 0 aliphatic carbocycles. The molecule has 1 aliphatic heterocycles. The van der Waals surface area contributed by atoms with E-state index in [1.807, 2.05) is 24.3 Å². The van der Waals surface area contributed by atoms with Crippen LogP contribution in [0.2, 0.25) is 5.02 Å². The van der Waals surface area contributed by atoms with Crippen LogP contribution >= 0.6 is 11.6 Å². The van der Waals surface area contributed by atoms with E-state index in [1.165, 1.54) is 19.2 Å². The lowest BCUT2D eigenvalue weighted by Crippen LogP contribution is -2.27. The maximum Gasteiger partial charge on any atom is 0.222 e. The first-order valence-electron chi connectivity index (χ1n) is 11.2. The molecule has 2 aromatic carbocycles. The van der Waals surface area contributed by atoms with Crippen LogP contribution in [-0.4, -0.2) is 64.7 Å². The number of carbonyl (C=O) groups is 1. The molecule has 0 atom stereocenters. The smallest absolute Gasteiger partial charge is 0.222 e. The number of aliphatic imine (C=N–C) groups is 1. The quantitative estimate of drug-likeness (QED) is 0.429. The molecule has 34 heavy (non-hydrogen) atoms. The Labute approximate surface area is 206 Å². The van der Waals surface area contributed by atoms with E-state index in [0.29, 0.717) is 38.1 Å². The molecule has 0 saturated carbocycles. The number of hydrogen-bond acceptors (Lipinski definition) is 7. The molecule has 1 amide bonds. The molecule has 8 nitrogen and oxygen atoms in total. The SMILES string of the molecule is COc1ccc(S(=O)(=O)CNCCCCC(=O)N(C)Cc2ccc(C3=NCCN3)cc2)c(Cl)c1. The molecule has 0 unspecified atom stereocenters. The number of nitrogens with one attached hydrogen (secondary N) is 2. The standard InChI is InChI=1S/C24H31ClN4O4S/c1-29(16-18-6-8-19(9-7-18)24-27-13-14-28-24)23(30)5-3-4-12-26-17-34(31,32)22-11-10-20(33-2)15-21(22)25/h6-11,15,26H,3-5,12-14,16-17H2,1-2H3,(H,27,28). The molecule has 10 heteroatoms. The molecule has 0 fully saturated rings. The monoisotopic (exact) mass is 506 g/mol. The summed E-state index contributed by atoms with van der Waals surface area (Å²) < 4.78 is 30.0. The number of benzene rings is 2. The van der Waals surface area contributed by atoms with Gasteiger partial charge >= 0.3 is 0 Å². The highest BCUT2D eigenvalue weighted by molar-refractivity contribution is 7.91. The molecule has 1 heterocycles. The van der Waals surface area contributed by atoms with Crippen LogP contribution in [0.15, 0.2) is 52.4 Å². The van der Waals surface area contributed by atoms with Crippen LogP contribution in [0.3, 0.4) is 0 Å². The molecule has 184 valence electrons. The third-order valence-electron chi connectivity index (χ3n) is 5.51. The lowest BCUT2D eigenvalue weighted by molar-refractivity contribution is -0.130. The first-order valence-corrected chi connectivity index (χ1v) is 13.2. The molecule has 3 rings (SSSR count). The van der Waals surface area contributed by atoms with Crippen LogP contribution in [0, 0.1) is 0 Å². The van der Waals surface area contributed by atoms with Gasteiger partial charge < -0.3 is 20.3 Å². The normalized spacial score (nSPS) is 13.3. The van der Waals surface area contributed by atoms with E-state index >= 15 is 0 Å². The number of nitrogens with zero attached hydrogens (tertiary/aromatic N) is 2. The fourth-order valence-corrected chi connectivity index (χ4v) is 5.31. The molecule has 0 bridgehead atoms. The first-order chi connectivity index (χ1) is 16.3. The largest absolute Gasteiger partial charge is 0.497 e. The summed E-state index contributed by atoms with van der Waals surface area (Å²) in [5.41, 5.74) is 2.11. The van der Waals surface area contributed by atoms with Crippen LogP contribution in [-0.2, 0) is 21.2 Å². The fraction of sp³-hybridized carbons (Fsp3) is 0.417. The Morgan fingerprint density at radius 1 is 1.21 bits per heavy atom. The van der Waals surface area contributed by atoms with E-state index < -0.39 is 9.84 Å². The number of sulfone groups is 1. The fourth-order valence-electron chi connectivity index (χ4n) is 3.58. The zero-order valence-electron chi connectivity index (χ0n) is 19.5. The Morgan fingerprint density at radius 3 is 2.62 bits per heavy atom. The Balaban J connectivity index is 1.35. The number of carbonyl (C=O) groups excluding carboxylic acids is 1. The number of methoxy groups -OCH3 is 1. The van der Waals surface area contributed by atoms with Crippen molar-refractivity contribution >= 4 is 33.2 Å². The zero-order chi connectivity index (χ0) is 24.6. The minimum absolute atomic E-state index is 0.0588. The number of amides is 1. The van der Waals surface area contributed by atoms with Gasteiger partial charge in [-0.1, -0.05) is 35.9 Å². The number of hydrogen-bond donors (Lipinski definition) is 2. The molecule has 0 radical (unpaired) electrons.